The molecule has 0 amide bonds. The largest absolute Gasteiger partial charge is 0.379 e. The lowest BCUT2D eigenvalue weighted by atomic mass is 10.0. The second kappa shape index (κ2) is 11.4. The molecule has 5 nitrogen and oxygen atoms in total. The number of aliphatic imine (C=N–C) groups is 1. The minimum absolute atomic E-state index is 0. The first-order chi connectivity index (χ1) is 13.2. The zero-order chi connectivity index (χ0) is 19.1. The van der Waals surface area contributed by atoms with Crippen molar-refractivity contribution < 1.29 is 4.74 Å². The first kappa shape index (κ1) is 22.6. The van der Waals surface area contributed by atoms with E-state index in [0.29, 0.717) is 12.5 Å². The van der Waals surface area contributed by atoms with E-state index < -0.39 is 0 Å². The minimum Gasteiger partial charge on any atom is -0.379 e. The lowest BCUT2D eigenvalue weighted by Gasteiger charge is -2.34. The lowest BCUT2D eigenvalue weighted by Crippen LogP contribution is -2.40. The molecule has 1 atom stereocenters. The van der Waals surface area contributed by atoms with Gasteiger partial charge in [-0.25, -0.2) is 0 Å². The third-order valence-electron chi connectivity index (χ3n) is 4.98. The number of nitrogens with one attached hydrogen (secondary N) is 1. The van der Waals surface area contributed by atoms with Gasteiger partial charge in [-0.3, -0.25) is 9.89 Å². The Morgan fingerprint density at radius 3 is 2.54 bits per heavy atom. The molecule has 0 radical (unpaired) electrons. The number of rotatable bonds is 6. The third kappa shape index (κ3) is 6.46. The topological polar surface area (TPSA) is 62.9 Å². The highest BCUT2D eigenvalue weighted by atomic mass is 127. The van der Waals surface area contributed by atoms with Gasteiger partial charge in [0.15, 0.2) is 5.96 Å². The summed E-state index contributed by atoms with van der Waals surface area (Å²) in [6.45, 7) is 8.26. The fourth-order valence-electron chi connectivity index (χ4n) is 3.39. The maximum Gasteiger partial charge on any atom is 0.193 e. The molecule has 0 bridgehead atoms. The second-order valence-corrected chi connectivity index (χ2v) is 6.98. The summed E-state index contributed by atoms with van der Waals surface area (Å²) < 4.78 is 5.52. The van der Waals surface area contributed by atoms with Gasteiger partial charge in [-0.05, 0) is 36.6 Å². The van der Waals surface area contributed by atoms with Crippen LogP contribution in [0.3, 0.4) is 0 Å². The zero-order valence-corrected chi connectivity index (χ0v) is 19.1. The van der Waals surface area contributed by atoms with E-state index in [-0.39, 0.29) is 30.0 Å². The normalized spacial score (nSPS) is 16.3. The summed E-state index contributed by atoms with van der Waals surface area (Å²) in [5.74, 6) is 0.449. The van der Waals surface area contributed by atoms with E-state index in [9.17, 15) is 0 Å². The molecule has 3 N–H and O–H groups in total. The van der Waals surface area contributed by atoms with Gasteiger partial charge in [0.1, 0.15) is 0 Å². The Morgan fingerprint density at radius 2 is 1.89 bits per heavy atom. The molecule has 1 heterocycles. The highest BCUT2D eigenvalue weighted by Gasteiger charge is 2.22. The Balaban J connectivity index is 0.00000280. The van der Waals surface area contributed by atoms with Crippen molar-refractivity contribution in [1.82, 2.24) is 4.90 Å². The van der Waals surface area contributed by atoms with Crippen LogP contribution >= 0.6 is 24.0 Å². The number of hydrogen-bond acceptors (Lipinski definition) is 3. The van der Waals surface area contributed by atoms with Crippen molar-refractivity contribution in [3.05, 3.63) is 65.2 Å². The fraction of sp³-hybridized carbons (Fsp3) is 0.409. The average Bonchev–Trinajstić information content (AvgIpc) is 2.70. The molecule has 0 aliphatic carbocycles. The monoisotopic (exact) mass is 494 g/mol. The Labute approximate surface area is 185 Å². The maximum absolute atomic E-state index is 6.16. The average molecular weight is 494 g/mol. The maximum atomic E-state index is 6.16. The Hall–Kier alpha value is -1.64. The van der Waals surface area contributed by atoms with Crippen LogP contribution in [0.15, 0.2) is 53.5 Å². The first-order valence-electron chi connectivity index (χ1n) is 9.70. The standard InChI is InChI=1S/C22H30N4O.HI/c1-3-18-7-9-20(10-8-18)25-22(23)24-16-21(26-11-13-27-14-12-26)19-6-4-5-17(2)15-19;/h4-10,15,21H,3,11-14,16H2,1-2H3,(H3,23,24,25);1H. The molecule has 2 aromatic rings. The number of anilines is 1. The molecule has 1 fully saturated rings. The van der Waals surface area contributed by atoms with Crippen molar-refractivity contribution in [2.45, 2.75) is 26.3 Å². The Morgan fingerprint density at radius 1 is 1.18 bits per heavy atom. The van der Waals surface area contributed by atoms with Crippen LogP contribution in [0, 0.1) is 6.92 Å². The van der Waals surface area contributed by atoms with Gasteiger partial charge in [0.05, 0.1) is 25.8 Å². The van der Waals surface area contributed by atoms with Crippen molar-refractivity contribution in [3.8, 4) is 0 Å². The van der Waals surface area contributed by atoms with Crippen LogP contribution in [0.1, 0.15) is 29.7 Å². The molecule has 2 aromatic carbocycles. The van der Waals surface area contributed by atoms with Crippen molar-refractivity contribution in [2.24, 2.45) is 10.7 Å². The number of nitrogens with zero attached hydrogens (tertiary/aromatic N) is 2. The first-order valence-corrected chi connectivity index (χ1v) is 9.70. The minimum atomic E-state index is 0. The number of guanidine groups is 1. The summed E-state index contributed by atoms with van der Waals surface area (Å²) in [7, 11) is 0. The van der Waals surface area contributed by atoms with Gasteiger partial charge in [0, 0.05) is 18.8 Å². The van der Waals surface area contributed by atoms with Crippen LogP contribution in [0.4, 0.5) is 5.69 Å². The van der Waals surface area contributed by atoms with Gasteiger partial charge in [-0.15, -0.1) is 24.0 Å². The number of morpholine rings is 1. The summed E-state index contributed by atoms with van der Waals surface area (Å²) >= 11 is 0. The van der Waals surface area contributed by atoms with Crippen LogP contribution in [0.2, 0.25) is 0 Å². The molecule has 1 aliphatic rings. The van der Waals surface area contributed by atoms with Crippen LogP contribution in [0.25, 0.3) is 0 Å². The second-order valence-electron chi connectivity index (χ2n) is 6.98. The highest BCUT2D eigenvalue weighted by molar-refractivity contribution is 14.0. The van der Waals surface area contributed by atoms with Gasteiger partial charge >= 0.3 is 0 Å². The van der Waals surface area contributed by atoms with E-state index in [0.717, 1.165) is 38.4 Å². The molecular formula is C22H31IN4O. The lowest BCUT2D eigenvalue weighted by molar-refractivity contribution is 0.0180. The molecule has 1 saturated heterocycles. The van der Waals surface area contributed by atoms with Gasteiger partial charge in [0.25, 0.3) is 0 Å². The van der Waals surface area contributed by atoms with Crippen molar-refractivity contribution in [2.75, 3.05) is 38.2 Å². The Bertz CT molecular complexity index is 757. The molecule has 0 saturated carbocycles. The summed E-state index contributed by atoms with van der Waals surface area (Å²) in [5, 5.41) is 3.20. The number of ether oxygens (including phenoxy) is 1. The zero-order valence-electron chi connectivity index (χ0n) is 16.7. The fourth-order valence-corrected chi connectivity index (χ4v) is 3.39. The third-order valence-corrected chi connectivity index (χ3v) is 4.98. The Kier molecular flexibility index (Phi) is 9.21. The van der Waals surface area contributed by atoms with Gasteiger partial charge < -0.3 is 15.8 Å². The molecule has 28 heavy (non-hydrogen) atoms. The predicted molar refractivity (Wildman–Crippen MR) is 128 cm³/mol. The van der Waals surface area contributed by atoms with Crippen molar-refractivity contribution in [3.63, 3.8) is 0 Å². The van der Waals surface area contributed by atoms with Gasteiger partial charge in [-0.2, -0.15) is 0 Å². The SMILES string of the molecule is CCc1ccc(NC(N)=NCC(c2cccc(C)c2)N2CCOCC2)cc1.I. The van der Waals surface area contributed by atoms with Crippen LogP contribution in [-0.2, 0) is 11.2 Å². The molecule has 3 rings (SSSR count). The molecular weight excluding hydrogens is 463 g/mol. The van der Waals surface area contributed by atoms with E-state index >= 15 is 0 Å². The summed E-state index contributed by atoms with van der Waals surface area (Å²) in [6, 6.07) is 17.2. The van der Waals surface area contributed by atoms with Crippen LogP contribution in [0.5, 0.6) is 0 Å². The van der Waals surface area contributed by atoms with Crippen molar-refractivity contribution in [1.29, 1.82) is 0 Å². The summed E-state index contributed by atoms with van der Waals surface area (Å²) in [6.07, 6.45) is 1.03. The molecule has 0 spiro atoms. The van der Waals surface area contributed by atoms with Crippen LogP contribution < -0.4 is 11.1 Å². The molecule has 0 aromatic heterocycles. The molecule has 152 valence electrons. The quantitative estimate of drug-likeness (QED) is 0.363. The number of aryl methyl sites for hydroxylation is 2. The van der Waals surface area contributed by atoms with E-state index in [1.807, 2.05) is 12.1 Å². The van der Waals surface area contributed by atoms with Gasteiger partial charge in [-0.1, -0.05) is 48.9 Å². The van der Waals surface area contributed by atoms with E-state index in [2.05, 4.69) is 65.5 Å². The van der Waals surface area contributed by atoms with E-state index in [1.165, 1.54) is 16.7 Å². The van der Waals surface area contributed by atoms with E-state index in [4.69, 9.17) is 10.5 Å². The smallest absolute Gasteiger partial charge is 0.193 e. The molecule has 1 unspecified atom stereocenters. The van der Waals surface area contributed by atoms with E-state index in [1.54, 1.807) is 0 Å². The summed E-state index contributed by atoms with van der Waals surface area (Å²) in [4.78, 5) is 7.08. The molecule has 6 heteroatoms. The van der Waals surface area contributed by atoms with Crippen LogP contribution in [-0.4, -0.2) is 43.7 Å². The number of nitrogens with two attached hydrogens (primary N) is 1. The highest BCUT2D eigenvalue weighted by Crippen LogP contribution is 2.23. The molecule has 1 aliphatic heterocycles. The number of hydrogen-bond donors (Lipinski definition) is 2. The van der Waals surface area contributed by atoms with Gasteiger partial charge in [0.2, 0.25) is 0 Å². The number of halogens is 1. The summed E-state index contributed by atoms with van der Waals surface area (Å²) in [5.41, 5.74) is 11.0. The van der Waals surface area contributed by atoms with Crippen molar-refractivity contribution >= 4 is 35.6 Å². The predicted octanol–water partition coefficient (Wildman–Crippen LogP) is 3.98. The number of benzene rings is 2.